The second-order valence-electron chi connectivity index (χ2n) is 7.75. The second kappa shape index (κ2) is 8.64. The summed E-state index contributed by atoms with van der Waals surface area (Å²) in [4.78, 5) is 31.5. The van der Waals surface area contributed by atoms with Crippen molar-refractivity contribution in [1.82, 2.24) is 14.8 Å². The minimum absolute atomic E-state index is 0.0941. The van der Waals surface area contributed by atoms with E-state index in [1.165, 1.54) is 41.3 Å². The van der Waals surface area contributed by atoms with Crippen molar-refractivity contribution in [3.8, 4) is 5.75 Å². The van der Waals surface area contributed by atoms with Crippen molar-refractivity contribution in [2.24, 2.45) is 0 Å². The van der Waals surface area contributed by atoms with Gasteiger partial charge in [-0.05, 0) is 32.0 Å². The smallest absolute Gasteiger partial charge is 0.417 e. The zero-order valence-corrected chi connectivity index (χ0v) is 19.0. The number of carbonyl (C=O) groups excluding carboxylic acids is 2. The largest absolute Gasteiger partial charge is 0.495 e. The molecule has 3 aromatic rings. The summed E-state index contributed by atoms with van der Waals surface area (Å²) in [7, 11) is 1.46. The third kappa shape index (κ3) is 4.07. The number of carbonyl (C=O) groups is 2. The molecule has 34 heavy (non-hydrogen) atoms. The van der Waals surface area contributed by atoms with Crippen LogP contribution in [-0.2, 0) is 6.18 Å². The van der Waals surface area contributed by atoms with Crippen molar-refractivity contribution in [3.05, 3.63) is 64.2 Å². The summed E-state index contributed by atoms with van der Waals surface area (Å²) < 4.78 is 45.9. The average Bonchev–Trinajstić information content (AvgIpc) is 3.19. The van der Waals surface area contributed by atoms with Crippen LogP contribution in [-0.4, -0.2) is 40.2 Å². The number of benzene rings is 1. The molecule has 3 heterocycles. The Morgan fingerprint density at radius 1 is 1.26 bits per heavy atom. The molecule has 0 fully saturated rings. The van der Waals surface area contributed by atoms with Crippen LogP contribution in [0.25, 0.3) is 0 Å². The Balaban J connectivity index is 1.67. The summed E-state index contributed by atoms with van der Waals surface area (Å²) in [6.07, 6.45) is -0.401. The molecule has 0 spiro atoms. The number of anilines is 2. The standard InChI is InChI=1S/C22H19ClF3N5O3/c1-11-10-30(13-4-5-15(16(23)6-13)22(24,25)26)21(33)19-17(8-28-31(11)19)29-20(32)14-7-27-9-18(34-3)12(14)2/h4-9,11H,10H2,1-3H3,(H,29,32)/t11-/m0/s1. The van der Waals surface area contributed by atoms with E-state index < -0.39 is 28.6 Å². The Hall–Kier alpha value is -3.60. The molecule has 0 unspecified atom stereocenters. The lowest BCUT2D eigenvalue weighted by molar-refractivity contribution is -0.137. The van der Waals surface area contributed by atoms with Crippen molar-refractivity contribution < 1.29 is 27.5 Å². The number of halogens is 4. The number of amides is 2. The Labute approximate surface area is 197 Å². The number of nitrogens with one attached hydrogen (secondary N) is 1. The zero-order valence-electron chi connectivity index (χ0n) is 18.3. The molecule has 0 aliphatic carbocycles. The lowest BCUT2D eigenvalue weighted by Gasteiger charge is -2.32. The van der Waals surface area contributed by atoms with Crippen LogP contribution in [0, 0.1) is 6.92 Å². The molecule has 2 amide bonds. The van der Waals surface area contributed by atoms with Crippen molar-refractivity contribution in [3.63, 3.8) is 0 Å². The van der Waals surface area contributed by atoms with E-state index in [1.54, 1.807) is 13.8 Å². The fraction of sp³-hybridized carbons (Fsp3) is 0.273. The molecular formula is C22H19ClF3N5O3. The highest BCUT2D eigenvalue weighted by Crippen LogP contribution is 2.38. The molecule has 0 saturated heterocycles. The summed E-state index contributed by atoms with van der Waals surface area (Å²) in [5.41, 5.74) is 0.283. The molecule has 1 aromatic carbocycles. The molecule has 0 bridgehead atoms. The molecule has 1 aliphatic rings. The predicted molar refractivity (Wildman–Crippen MR) is 119 cm³/mol. The fourth-order valence-electron chi connectivity index (χ4n) is 3.81. The average molecular weight is 494 g/mol. The SMILES string of the molecule is COc1cncc(C(=O)Nc2cnn3c2C(=O)N(c2ccc(C(F)(F)F)c(Cl)c2)C[C@@H]3C)c1C. The summed E-state index contributed by atoms with van der Waals surface area (Å²) in [5, 5.41) is 6.39. The minimum Gasteiger partial charge on any atom is -0.495 e. The summed E-state index contributed by atoms with van der Waals surface area (Å²) in [6, 6.07) is 2.81. The number of aromatic nitrogens is 3. The molecule has 1 atom stereocenters. The van der Waals surface area contributed by atoms with E-state index in [9.17, 15) is 22.8 Å². The van der Waals surface area contributed by atoms with Crippen molar-refractivity contribution in [2.75, 3.05) is 23.9 Å². The molecular weight excluding hydrogens is 475 g/mol. The van der Waals surface area contributed by atoms with E-state index in [1.807, 2.05) is 0 Å². The molecule has 2 aromatic heterocycles. The van der Waals surface area contributed by atoms with Gasteiger partial charge in [0.25, 0.3) is 11.8 Å². The number of methoxy groups -OCH3 is 1. The zero-order chi connectivity index (χ0) is 24.8. The molecule has 178 valence electrons. The van der Waals surface area contributed by atoms with Gasteiger partial charge < -0.3 is 15.0 Å². The molecule has 0 saturated carbocycles. The van der Waals surface area contributed by atoms with Gasteiger partial charge in [0.15, 0.2) is 5.69 Å². The second-order valence-corrected chi connectivity index (χ2v) is 8.15. The highest BCUT2D eigenvalue weighted by Gasteiger charge is 2.36. The Bertz CT molecular complexity index is 1290. The van der Waals surface area contributed by atoms with Gasteiger partial charge in [0.1, 0.15) is 5.75 Å². The van der Waals surface area contributed by atoms with Gasteiger partial charge >= 0.3 is 6.18 Å². The number of pyridine rings is 1. The van der Waals surface area contributed by atoms with Crippen molar-refractivity contribution in [2.45, 2.75) is 26.1 Å². The third-order valence-electron chi connectivity index (χ3n) is 5.56. The van der Waals surface area contributed by atoms with E-state index in [4.69, 9.17) is 16.3 Å². The first-order valence-electron chi connectivity index (χ1n) is 10.1. The molecule has 12 heteroatoms. The quantitative estimate of drug-likeness (QED) is 0.567. The maximum absolute atomic E-state index is 13.3. The topological polar surface area (TPSA) is 89.3 Å². The van der Waals surface area contributed by atoms with Gasteiger partial charge in [-0.1, -0.05) is 11.6 Å². The van der Waals surface area contributed by atoms with E-state index in [0.717, 1.165) is 12.1 Å². The normalized spacial score (nSPS) is 15.8. The number of rotatable bonds is 4. The van der Waals surface area contributed by atoms with Crippen LogP contribution < -0.4 is 15.0 Å². The first-order chi connectivity index (χ1) is 16.0. The van der Waals surface area contributed by atoms with Gasteiger partial charge in [-0.3, -0.25) is 19.3 Å². The molecule has 0 radical (unpaired) electrons. The number of hydrogen-bond donors (Lipinski definition) is 1. The lowest BCUT2D eigenvalue weighted by Crippen LogP contribution is -2.43. The Kier molecular flexibility index (Phi) is 5.98. The molecule has 4 rings (SSSR count). The van der Waals surface area contributed by atoms with Crippen LogP contribution >= 0.6 is 11.6 Å². The summed E-state index contributed by atoms with van der Waals surface area (Å²) in [5.74, 6) is -0.628. The first kappa shape index (κ1) is 23.6. The third-order valence-corrected chi connectivity index (χ3v) is 5.87. The number of hydrogen-bond acceptors (Lipinski definition) is 5. The summed E-state index contributed by atoms with van der Waals surface area (Å²) in [6.45, 7) is 3.65. The molecule has 8 nitrogen and oxygen atoms in total. The van der Waals surface area contributed by atoms with Crippen LogP contribution in [0.5, 0.6) is 5.75 Å². The fourth-order valence-corrected chi connectivity index (χ4v) is 4.09. The highest BCUT2D eigenvalue weighted by atomic mass is 35.5. The van der Waals surface area contributed by atoms with Gasteiger partial charge in [-0.25, -0.2) is 0 Å². The van der Waals surface area contributed by atoms with Crippen LogP contribution in [0.4, 0.5) is 24.5 Å². The van der Waals surface area contributed by atoms with Gasteiger partial charge in [-0.2, -0.15) is 18.3 Å². The first-order valence-corrected chi connectivity index (χ1v) is 10.5. The van der Waals surface area contributed by atoms with E-state index in [2.05, 4.69) is 15.4 Å². The number of fused-ring (bicyclic) bond motifs is 1. The van der Waals surface area contributed by atoms with Gasteiger partial charge in [-0.15, -0.1) is 0 Å². The Morgan fingerprint density at radius 3 is 2.65 bits per heavy atom. The molecule has 1 N–H and O–H groups in total. The van der Waals surface area contributed by atoms with E-state index >= 15 is 0 Å². The number of ether oxygens (including phenoxy) is 1. The maximum Gasteiger partial charge on any atom is 0.417 e. The monoisotopic (exact) mass is 493 g/mol. The van der Waals surface area contributed by atoms with Crippen LogP contribution in [0.15, 0.2) is 36.8 Å². The van der Waals surface area contributed by atoms with Gasteiger partial charge in [0.2, 0.25) is 0 Å². The van der Waals surface area contributed by atoms with E-state index in [-0.39, 0.29) is 35.2 Å². The van der Waals surface area contributed by atoms with Crippen LogP contribution in [0.1, 0.15) is 44.9 Å². The van der Waals surface area contributed by atoms with Gasteiger partial charge in [0, 0.05) is 24.0 Å². The Morgan fingerprint density at radius 2 is 2.00 bits per heavy atom. The summed E-state index contributed by atoms with van der Waals surface area (Å²) >= 11 is 5.86. The number of alkyl halides is 3. The molecule has 1 aliphatic heterocycles. The van der Waals surface area contributed by atoms with Crippen LogP contribution in [0.3, 0.4) is 0 Å². The minimum atomic E-state index is -4.61. The lowest BCUT2D eigenvalue weighted by atomic mass is 10.1. The van der Waals surface area contributed by atoms with Crippen molar-refractivity contribution in [1.29, 1.82) is 0 Å². The van der Waals surface area contributed by atoms with Crippen molar-refractivity contribution >= 4 is 34.8 Å². The van der Waals surface area contributed by atoms with Gasteiger partial charge in [0.05, 0.1) is 47.4 Å². The highest BCUT2D eigenvalue weighted by molar-refractivity contribution is 6.31. The van der Waals surface area contributed by atoms with Crippen LogP contribution in [0.2, 0.25) is 5.02 Å². The van der Waals surface area contributed by atoms with E-state index in [0.29, 0.717) is 11.3 Å². The number of nitrogens with zero attached hydrogens (tertiary/aromatic N) is 4. The maximum atomic E-state index is 13.3. The predicted octanol–water partition coefficient (Wildman–Crippen LogP) is 4.74.